The van der Waals surface area contributed by atoms with Gasteiger partial charge >= 0.3 is 12.1 Å². The van der Waals surface area contributed by atoms with Crippen LogP contribution < -0.4 is 20.1 Å². The van der Waals surface area contributed by atoms with Crippen LogP contribution in [0.2, 0.25) is 0 Å². The molecule has 1 atom stereocenters. The summed E-state index contributed by atoms with van der Waals surface area (Å²) in [5, 5.41) is 14.5. The van der Waals surface area contributed by atoms with Gasteiger partial charge in [0.05, 0.1) is 31.4 Å². The second-order valence-corrected chi connectivity index (χ2v) is 7.47. The van der Waals surface area contributed by atoms with Crippen molar-refractivity contribution in [2.45, 2.75) is 32.7 Å². The quantitative estimate of drug-likeness (QED) is 0.416. The fraction of sp³-hybridized carbons (Fsp3) is 0.280. The van der Waals surface area contributed by atoms with E-state index in [1.54, 1.807) is 48.7 Å². The van der Waals surface area contributed by atoms with Crippen LogP contribution in [0.15, 0.2) is 59.5 Å². The van der Waals surface area contributed by atoms with Gasteiger partial charge < -0.3 is 29.4 Å². The molecular weight excluding hydrogens is 450 g/mol. The molecule has 0 aliphatic carbocycles. The number of nitriles is 1. The van der Waals surface area contributed by atoms with E-state index in [1.165, 1.54) is 18.4 Å². The molecule has 0 fully saturated rings. The molecule has 10 nitrogen and oxygen atoms in total. The molecule has 2 aromatic carbocycles. The van der Waals surface area contributed by atoms with Crippen LogP contribution in [0.1, 0.15) is 26.7 Å². The number of aromatic nitrogens is 1. The highest BCUT2D eigenvalue weighted by Crippen LogP contribution is 2.32. The number of carbonyl (C=O) groups excluding carboxylic acids is 2. The Kier molecular flexibility index (Phi) is 8.67. The number of amides is 3. The van der Waals surface area contributed by atoms with Gasteiger partial charge in [-0.2, -0.15) is 5.26 Å². The van der Waals surface area contributed by atoms with E-state index in [4.69, 9.17) is 19.2 Å². The number of anilines is 2. The minimum atomic E-state index is -0.546. The first-order valence-corrected chi connectivity index (χ1v) is 11.1. The number of nitrogens with zero attached hydrogens (tertiary/aromatic N) is 3. The number of ether oxygens (including phenoxy) is 2. The highest BCUT2D eigenvalue weighted by molar-refractivity contribution is 6.00. The van der Waals surface area contributed by atoms with Gasteiger partial charge in [-0.15, -0.1) is 0 Å². The average molecular weight is 478 g/mol. The number of carbonyl (C=O) groups is 2. The number of methoxy groups -OCH3 is 1. The third-order valence-corrected chi connectivity index (χ3v) is 5.27. The molecule has 2 N–H and O–H groups in total. The van der Waals surface area contributed by atoms with E-state index >= 15 is 0 Å². The Balaban J connectivity index is 1.65. The van der Waals surface area contributed by atoms with Gasteiger partial charge in [-0.1, -0.05) is 13.0 Å². The van der Waals surface area contributed by atoms with Crippen molar-refractivity contribution in [2.75, 3.05) is 24.3 Å². The Labute approximate surface area is 203 Å². The Morgan fingerprint density at radius 1 is 1.17 bits per heavy atom. The van der Waals surface area contributed by atoms with Crippen molar-refractivity contribution in [2.24, 2.45) is 0 Å². The van der Waals surface area contributed by atoms with Crippen molar-refractivity contribution in [3.63, 3.8) is 0 Å². The molecule has 1 unspecified atom stereocenters. The van der Waals surface area contributed by atoms with Gasteiger partial charge in [0.2, 0.25) is 0 Å². The molecule has 0 aliphatic heterocycles. The van der Waals surface area contributed by atoms with E-state index in [9.17, 15) is 9.59 Å². The SMILES string of the molecule is CCC(CC#N)N(CC)C(=O)Oc1cccc(NC(=O)Nc2ccc(-c3cnco3)c(OC)c2)c1. The maximum atomic E-state index is 12.6. The minimum Gasteiger partial charge on any atom is -0.496 e. The first-order valence-electron chi connectivity index (χ1n) is 11.1. The third-order valence-electron chi connectivity index (χ3n) is 5.27. The second-order valence-electron chi connectivity index (χ2n) is 7.47. The molecule has 0 saturated heterocycles. The first-order chi connectivity index (χ1) is 17.0. The smallest absolute Gasteiger partial charge is 0.415 e. The van der Waals surface area contributed by atoms with Crippen molar-refractivity contribution in [1.82, 2.24) is 9.88 Å². The molecule has 3 aromatic rings. The third kappa shape index (κ3) is 6.51. The van der Waals surface area contributed by atoms with Gasteiger partial charge in [-0.05, 0) is 37.6 Å². The summed E-state index contributed by atoms with van der Waals surface area (Å²) in [5.74, 6) is 1.33. The van der Waals surface area contributed by atoms with Crippen molar-refractivity contribution in [3.8, 4) is 28.9 Å². The highest BCUT2D eigenvalue weighted by Gasteiger charge is 2.22. The summed E-state index contributed by atoms with van der Waals surface area (Å²) in [7, 11) is 1.52. The molecule has 0 aliphatic rings. The maximum Gasteiger partial charge on any atom is 0.415 e. The van der Waals surface area contributed by atoms with Gasteiger partial charge in [-0.25, -0.2) is 14.6 Å². The summed E-state index contributed by atoms with van der Waals surface area (Å²) in [6, 6.07) is 13.0. The number of rotatable bonds is 9. The molecular formula is C25H27N5O5. The van der Waals surface area contributed by atoms with Crippen LogP contribution in [0, 0.1) is 11.3 Å². The maximum absolute atomic E-state index is 12.6. The lowest BCUT2D eigenvalue weighted by molar-refractivity contribution is 0.133. The van der Waals surface area contributed by atoms with Gasteiger partial charge in [0, 0.05) is 36.1 Å². The van der Waals surface area contributed by atoms with Crippen LogP contribution in [0.4, 0.5) is 21.0 Å². The number of nitrogens with one attached hydrogen (secondary N) is 2. The predicted molar refractivity (Wildman–Crippen MR) is 130 cm³/mol. The van der Waals surface area contributed by atoms with Gasteiger partial charge in [0.15, 0.2) is 12.2 Å². The minimum absolute atomic E-state index is 0.225. The molecule has 35 heavy (non-hydrogen) atoms. The number of hydrogen-bond donors (Lipinski definition) is 2. The van der Waals surface area contributed by atoms with Crippen LogP contribution >= 0.6 is 0 Å². The number of hydrogen-bond acceptors (Lipinski definition) is 7. The lowest BCUT2D eigenvalue weighted by Crippen LogP contribution is -2.41. The Morgan fingerprint density at radius 3 is 2.57 bits per heavy atom. The zero-order valence-electron chi connectivity index (χ0n) is 19.8. The van der Waals surface area contributed by atoms with E-state index in [-0.39, 0.29) is 18.2 Å². The van der Waals surface area contributed by atoms with Gasteiger partial charge in [-0.3, -0.25) is 0 Å². The van der Waals surface area contributed by atoms with Gasteiger partial charge in [0.1, 0.15) is 11.5 Å². The Bertz CT molecular complexity index is 1190. The molecule has 10 heteroatoms. The van der Waals surface area contributed by atoms with E-state index < -0.39 is 12.1 Å². The predicted octanol–water partition coefficient (Wildman–Crippen LogP) is 5.51. The normalized spacial score (nSPS) is 11.1. The summed E-state index contributed by atoms with van der Waals surface area (Å²) >= 11 is 0. The topological polar surface area (TPSA) is 130 Å². The fourth-order valence-corrected chi connectivity index (χ4v) is 3.53. The zero-order valence-corrected chi connectivity index (χ0v) is 19.8. The highest BCUT2D eigenvalue weighted by atomic mass is 16.6. The first kappa shape index (κ1) is 25.1. The molecule has 182 valence electrons. The van der Waals surface area contributed by atoms with Crippen molar-refractivity contribution in [1.29, 1.82) is 5.26 Å². The standard InChI is InChI=1S/C25H27N5O5/c1-4-19(11-12-26)30(5-2)25(32)35-20-8-6-7-17(13-20)28-24(31)29-18-9-10-21(22(14-18)33-3)23-15-27-16-34-23/h6-10,13-16,19H,4-5,11H2,1-3H3,(H2,28,29,31). The molecule has 0 spiro atoms. The summed E-state index contributed by atoms with van der Waals surface area (Å²) in [6.07, 6.45) is 3.22. The second kappa shape index (κ2) is 12.1. The van der Waals surface area contributed by atoms with Crippen LogP contribution in [0.3, 0.4) is 0 Å². The Morgan fingerprint density at radius 2 is 1.94 bits per heavy atom. The van der Waals surface area contributed by atoms with Crippen LogP contribution in [-0.2, 0) is 0 Å². The molecule has 0 bridgehead atoms. The van der Waals surface area contributed by atoms with Crippen molar-refractivity contribution < 1.29 is 23.5 Å². The summed E-state index contributed by atoms with van der Waals surface area (Å²) in [6.45, 7) is 4.16. The van der Waals surface area contributed by atoms with E-state index in [2.05, 4.69) is 21.7 Å². The Hall–Kier alpha value is -4.52. The number of urea groups is 1. The van der Waals surface area contributed by atoms with Crippen LogP contribution in [-0.4, -0.2) is 41.7 Å². The largest absolute Gasteiger partial charge is 0.496 e. The molecule has 0 saturated carbocycles. The van der Waals surface area contributed by atoms with Crippen molar-refractivity contribution >= 4 is 23.5 Å². The van der Waals surface area contributed by atoms with Crippen LogP contribution in [0.25, 0.3) is 11.3 Å². The fourth-order valence-electron chi connectivity index (χ4n) is 3.53. The zero-order chi connectivity index (χ0) is 25.2. The monoisotopic (exact) mass is 477 g/mol. The summed E-state index contributed by atoms with van der Waals surface area (Å²) < 4.78 is 16.2. The molecule has 1 heterocycles. The van der Waals surface area contributed by atoms with Crippen LogP contribution in [0.5, 0.6) is 11.5 Å². The number of oxazole rings is 1. The average Bonchev–Trinajstić information content (AvgIpc) is 3.38. The van der Waals surface area contributed by atoms with Gasteiger partial charge in [0.25, 0.3) is 0 Å². The lowest BCUT2D eigenvalue weighted by Gasteiger charge is -2.27. The molecule has 1 aromatic heterocycles. The van der Waals surface area contributed by atoms with Crippen molar-refractivity contribution in [3.05, 3.63) is 55.1 Å². The summed E-state index contributed by atoms with van der Waals surface area (Å²) in [4.78, 5) is 30.6. The number of benzene rings is 2. The van der Waals surface area contributed by atoms with E-state index in [0.29, 0.717) is 41.4 Å². The molecule has 0 radical (unpaired) electrons. The molecule has 3 amide bonds. The molecule has 3 rings (SSSR count). The van der Waals surface area contributed by atoms with E-state index in [1.807, 2.05) is 13.8 Å². The lowest BCUT2D eigenvalue weighted by atomic mass is 10.1. The summed E-state index contributed by atoms with van der Waals surface area (Å²) in [5.41, 5.74) is 1.64. The van der Waals surface area contributed by atoms with E-state index in [0.717, 1.165) is 0 Å².